The molecule has 25 heavy (non-hydrogen) atoms. The summed E-state index contributed by atoms with van der Waals surface area (Å²) in [5.41, 5.74) is 2.07. The number of hydrogen-bond donors (Lipinski definition) is 3. The van der Waals surface area contributed by atoms with E-state index < -0.39 is 6.04 Å². The standard InChI is InChI=1S/C18H19N5O2/c1-2-5-15(20-16(24)12-8-10-19-11-9-12)17(25)23-18-21-13-6-3-4-7-14(13)22-18/h3-4,6-11,15H,2,5H2,1H3,(H,20,24)(H2,21,22,23,25)/t15-/m0/s1. The molecule has 2 aromatic heterocycles. The van der Waals surface area contributed by atoms with Gasteiger partial charge in [0, 0.05) is 18.0 Å². The summed E-state index contributed by atoms with van der Waals surface area (Å²) >= 11 is 0. The minimum atomic E-state index is -0.640. The Morgan fingerprint density at radius 2 is 1.92 bits per heavy atom. The predicted octanol–water partition coefficient (Wildman–Crippen LogP) is 2.50. The van der Waals surface area contributed by atoms with E-state index in [1.165, 1.54) is 12.4 Å². The molecule has 2 heterocycles. The average Bonchev–Trinajstić information content (AvgIpc) is 3.04. The molecule has 7 heteroatoms. The van der Waals surface area contributed by atoms with Crippen LogP contribution in [0.5, 0.6) is 0 Å². The highest BCUT2D eigenvalue weighted by atomic mass is 16.2. The Bertz CT molecular complexity index is 842. The molecule has 0 fully saturated rings. The lowest BCUT2D eigenvalue weighted by atomic mass is 10.1. The number of para-hydroxylation sites is 2. The lowest BCUT2D eigenvalue weighted by molar-refractivity contribution is -0.118. The molecule has 3 rings (SSSR count). The van der Waals surface area contributed by atoms with Gasteiger partial charge in [-0.05, 0) is 30.7 Å². The Kier molecular flexibility index (Phi) is 5.03. The molecular formula is C18H19N5O2. The Labute approximate surface area is 144 Å². The average molecular weight is 337 g/mol. The summed E-state index contributed by atoms with van der Waals surface area (Å²) in [4.78, 5) is 36.1. The van der Waals surface area contributed by atoms with Crippen molar-refractivity contribution in [3.63, 3.8) is 0 Å². The third kappa shape index (κ3) is 4.00. The van der Waals surface area contributed by atoms with Gasteiger partial charge in [-0.25, -0.2) is 4.98 Å². The van der Waals surface area contributed by atoms with Gasteiger partial charge in [0.1, 0.15) is 6.04 Å². The van der Waals surface area contributed by atoms with Crippen molar-refractivity contribution in [3.8, 4) is 0 Å². The molecule has 3 N–H and O–H groups in total. The highest BCUT2D eigenvalue weighted by Crippen LogP contribution is 2.14. The molecule has 128 valence electrons. The maximum atomic E-state index is 12.5. The number of rotatable bonds is 6. The van der Waals surface area contributed by atoms with E-state index in [1.807, 2.05) is 31.2 Å². The maximum absolute atomic E-state index is 12.5. The quantitative estimate of drug-likeness (QED) is 0.643. The molecule has 0 aliphatic heterocycles. The van der Waals surface area contributed by atoms with E-state index >= 15 is 0 Å². The summed E-state index contributed by atoms with van der Waals surface area (Å²) in [6.07, 6.45) is 4.37. The zero-order chi connectivity index (χ0) is 17.6. The van der Waals surface area contributed by atoms with Crippen LogP contribution in [0.2, 0.25) is 0 Å². The molecule has 2 amide bonds. The smallest absolute Gasteiger partial charge is 0.252 e. The van der Waals surface area contributed by atoms with E-state index in [4.69, 9.17) is 0 Å². The van der Waals surface area contributed by atoms with Crippen LogP contribution in [0.3, 0.4) is 0 Å². The predicted molar refractivity (Wildman–Crippen MR) is 95.1 cm³/mol. The molecular weight excluding hydrogens is 318 g/mol. The van der Waals surface area contributed by atoms with Gasteiger partial charge in [-0.2, -0.15) is 0 Å². The van der Waals surface area contributed by atoms with Crippen LogP contribution in [0.4, 0.5) is 5.95 Å². The number of aromatic nitrogens is 3. The number of nitrogens with zero attached hydrogens (tertiary/aromatic N) is 2. The number of H-pyrrole nitrogens is 1. The molecule has 0 radical (unpaired) electrons. The molecule has 0 saturated carbocycles. The van der Waals surface area contributed by atoms with Crippen molar-refractivity contribution in [2.45, 2.75) is 25.8 Å². The number of benzene rings is 1. The van der Waals surface area contributed by atoms with Crippen molar-refractivity contribution in [1.82, 2.24) is 20.3 Å². The minimum Gasteiger partial charge on any atom is -0.340 e. The summed E-state index contributed by atoms with van der Waals surface area (Å²) in [5.74, 6) is -0.241. The summed E-state index contributed by atoms with van der Waals surface area (Å²) in [6.45, 7) is 1.96. The van der Waals surface area contributed by atoms with Gasteiger partial charge in [0.25, 0.3) is 5.91 Å². The number of anilines is 1. The first-order valence-corrected chi connectivity index (χ1v) is 8.14. The first-order valence-electron chi connectivity index (χ1n) is 8.14. The number of pyridine rings is 1. The maximum Gasteiger partial charge on any atom is 0.252 e. The zero-order valence-corrected chi connectivity index (χ0v) is 13.8. The minimum absolute atomic E-state index is 0.302. The SMILES string of the molecule is CCC[C@H](NC(=O)c1ccncc1)C(=O)Nc1nc2ccccc2[nH]1. The summed E-state index contributed by atoms with van der Waals surface area (Å²) in [6, 6.07) is 10.1. The van der Waals surface area contributed by atoms with Crippen LogP contribution in [0.25, 0.3) is 11.0 Å². The molecule has 7 nitrogen and oxygen atoms in total. The normalized spacial score (nSPS) is 11.9. The number of carbonyl (C=O) groups is 2. The Hall–Kier alpha value is -3.22. The van der Waals surface area contributed by atoms with Gasteiger partial charge < -0.3 is 10.3 Å². The molecule has 3 aromatic rings. The van der Waals surface area contributed by atoms with Crippen molar-refractivity contribution in [1.29, 1.82) is 0 Å². The van der Waals surface area contributed by atoms with Gasteiger partial charge in [-0.15, -0.1) is 0 Å². The van der Waals surface area contributed by atoms with Crippen molar-refractivity contribution in [2.75, 3.05) is 5.32 Å². The van der Waals surface area contributed by atoms with Crippen LogP contribution in [-0.4, -0.2) is 32.8 Å². The van der Waals surface area contributed by atoms with Crippen molar-refractivity contribution in [3.05, 3.63) is 54.4 Å². The van der Waals surface area contributed by atoms with Gasteiger partial charge in [-0.3, -0.25) is 19.9 Å². The molecule has 0 unspecified atom stereocenters. The first-order chi connectivity index (χ1) is 12.2. The number of aromatic amines is 1. The van der Waals surface area contributed by atoms with Gasteiger partial charge in [0.2, 0.25) is 11.9 Å². The van der Waals surface area contributed by atoms with E-state index in [-0.39, 0.29) is 11.8 Å². The topological polar surface area (TPSA) is 99.8 Å². The number of hydrogen-bond acceptors (Lipinski definition) is 4. The first kappa shape index (κ1) is 16.6. The second kappa shape index (κ2) is 7.57. The fraction of sp³-hybridized carbons (Fsp3) is 0.222. The largest absolute Gasteiger partial charge is 0.340 e. The van der Waals surface area contributed by atoms with Crippen LogP contribution >= 0.6 is 0 Å². The number of fused-ring (bicyclic) bond motifs is 1. The highest BCUT2D eigenvalue weighted by Gasteiger charge is 2.21. The lowest BCUT2D eigenvalue weighted by Crippen LogP contribution is -2.43. The number of carbonyl (C=O) groups excluding carboxylic acids is 2. The van der Waals surface area contributed by atoms with Crippen molar-refractivity contribution < 1.29 is 9.59 Å². The number of amides is 2. The van der Waals surface area contributed by atoms with Gasteiger partial charge >= 0.3 is 0 Å². The highest BCUT2D eigenvalue weighted by molar-refractivity contribution is 6.01. The van der Waals surface area contributed by atoms with E-state index in [2.05, 4.69) is 25.6 Å². The summed E-state index contributed by atoms with van der Waals surface area (Å²) < 4.78 is 0. The third-order valence-corrected chi connectivity index (χ3v) is 3.77. The molecule has 0 spiro atoms. The van der Waals surface area contributed by atoms with E-state index in [0.29, 0.717) is 17.9 Å². The Morgan fingerprint density at radius 3 is 2.64 bits per heavy atom. The van der Waals surface area contributed by atoms with Gasteiger partial charge in [-0.1, -0.05) is 25.5 Å². The van der Waals surface area contributed by atoms with Crippen LogP contribution in [-0.2, 0) is 4.79 Å². The lowest BCUT2D eigenvalue weighted by Gasteiger charge is -2.17. The van der Waals surface area contributed by atoms with E-state index in [9.17, 15) is 9.59 Å². The molecule has 0 bridgehead atoms. The van der Waals surface area contributed by atoms with Crippen molar-refractivity contribution in [2.24, 2.45) is 0 Å². The third-order valence-electron chi connectivity index (χ3n) is 3.77. The van der Waals surface area contributed by atoms with E-state index in [1.54, 1.807) is 12.1 Å². The second-order valence-electron chi connectivity index (χ2n) is 5.64. The second-order valence-corrected chi connectivity index (χ2v) is 5.64. The molecule has 0 aliphatic rings. The molecule has 0 aliphatic carbocycles. The summed E-state index contributed by atoms with van der Waals surface area (Å²) in [5, 5.41) is 5.51. The number of imidazole rings is 1. The van der Waals surface area contributed by atoms with Crippen LogP contribution in [0.15, 0.2) is 48.8 Å². The van der Waals surface area contributed by atoms with Crippen LogP contribution < -0.4 is 10.6 Å². The number of nitrogens with one attached hydrogen (secondary N) is 3. The summed E-state index contributed by atoms with van der Waals surface area (Å²) in [7, 11) is 0. The van der Waals surface area contributed by atoms with E-state index in [0.717, 1.165) is 17.5 Å². The van der Waals surface area contributed by atoms with Crippen molar-refractivity contribution >= 4 is 28.8 Å². The Balaban J connectivity index is 1.70. The van der Waals surface area contributed by atoms with Crippen LogP contribution in [0.1, 0.15) is 30.1 Å². The Morgan fingerprint density at radius 1 is 1.16 bits per heavy atom. The van der Waals surface area contributed by atoms with Gasteiger partial charge in [0.15, 0.2) is 0 Å². The zero-order valence-electron chi connectivity index (χ0n) is 13.8. The monoisotopic (exact) mass is 337 g/mol. The van der Waals surface area contributed by atoms with Gasteiger partial charge in [0.05, 0.1) is 11.0 Å². The molecule has 1 aromatic carbocycles. The fourth-order valence-electron chi connectivity index (χ4n) is 2.52. The molecule has 1 atom stereocenters. The fourth-order valence-corrected chi connectivity index (χ4v) is 2.52. The molecule has 0 saturated heterocycles. The van der Waals surface area contributed by atoms with Crippen LogP contribution in [0, 0.1) is 0 Å².